The van der Waals surface area contributed by atoms with E-state index in [0.717, 1.165) is 0 Å². The van der Waals surface area contributed by atoms with Crippen molar-refractivity contribution in [3.8, 4) is 30.6 Å². The van der Waals surface area contributed by atoms with Gasteiger partial charge in [0.25, 0.3) is 0 Å². The molecule has 1 aromatic carbocycles. The highest BCUT2D eigenvalue weighted by molar-refractivity contribution is 5.89. The zero-order valence-electron chi connectivity index (χ0n) is 10.4. The van der Waals surface area contributed by atoms with Crippen LogP contribution in [-0.2, 0) is 0 Å². The summed E-state index contributed by atoms with van der Waals surface area (Å²) in [5.74, 6) is 2.50. The summed E-state index contributed by atoms with van der Waals surface area (Å²) in [5.41, 5.74) is 1.09. The lowest BCUT2D eigenvalue weighted by Crippen LogP contribution is -2.18. The lowest BCUT2D eigenvalue weighted by atomic mass is 10.00. The van der Waals surface area contributed by atoms with Gasteiger partial charge in [-0.3, -0.25) is 0 Å². The van der Waals surface area contributed by atoms with Crippen LogP contribution in [0, 0.1) is 46.3 Å². The fourth-order valence-corrected chi connectivity index (χ4v) is 1.63. The Hall–Kier alpha value is -3.21. The van der Waals surface area contributed by atoms with Gasteiger partial charge in [-0.2, -0.15) is 15.8 Å². The smallest absolute Gasteiger partial charge is 0.148 e. The van der Waals surface area contributed by atoms with E-state index >= 15 is 0 Å². The van der Waals surface area contributed by atoms with Gasteiger partial charge < -0.3 is 4.90 Å². The number of terminal acetylenes is 1. The maximum absolute atomic E-state index is 9.18. The lowest BCUT2D eigenvalue weighted by Gasteiger charge is -2.19. The zero-order valence-corrected chi connectivity index (χ0v) is 10.4. The van der Waals surface area contributed by atoms with Gasteiger partial charge in [0.05, 0.1) is 12.1 Å². The molecule has 4 nitrogen and oxygen atoms in total. The second-order valence-corrected chi connectivity index (χ2v) is 3.66. The first-order valence-corrected chi connectivity index (χ1v) is 5.38. The van der Waals surface area contributed by atoms with E-state index in [2.05, 4.69) is 5.92 Å². The van der Waals surface area contributed by atoms with Gasteiger partial charge in [0.2, 0.25) is 0 Å². The van der Waals surface area contributed by atoms with E-state index in [4.69, 9.17) is 16.9 Å². The summed E-state index contributed by atoms with van der Waals surface area (Å²) in [6.45, 7) is 0.365. The number of rotatable bonds is 3. The minimum Gasteiger partial charge on any atom is -0.363 e. The first kappa shape index (κ1) is 13.9. The number of para-hydroxylation sites is 1. The normalized spacial score (nSPS) is 8.26. The van der Waals surface area contributed by atoms with E-state index in [1.807, 2.05) is 6.07 Å². The number of benzene rings is 1. The van der Waals surface area contributed by atoms with Crippen molar-refractivity contribution in [2.24, 2.45) is 0 Å². The van der Waals surface area contributed by atoms with Crippen LogP contribution < -0.4 is 4.90 Å². The molecule has 0 aliphatic carbocycles. The second-order valence-electron chi connectivity index (χ2n) is 3.66. The predicted molar refractivity (Wildman–Crippen MR) is 72.3 cm³/mol. The van der Waals surface area contributed by atoms with Crippen molar-refractivity contribution >= 4 is 11.3 Å². The Bertz CT molecular complexity index is 656. The highest BCUT2D eigenvalue weighted by Crippen LogP contribution is 2.27. The highest BCUT2D eigenvalue weighted by atomic mass is 15.1. The first-order chi connectivity index (χ1) is 9.19. The molecule has 0 aliphatic rings. The molecule has 0 spiro atoms. The molecule has 0 bridgehead atoms. The van der Waals surface area contributed by atoms with Crippen LogP contribution in [0.25, 0.3) is 5.57 Å². The molecule has 0 amide bonds. The van der Waals surface area contributed by atoms with E-state index < -0.39 is 0 Å². The van der Waals surface area contributed by atoms with Gasteiger partial charge >= 0.3 is 0 Å². The van der Waals surface area contributed by atoms with Gasteiger partial charge in [0, 0.05) is 18.3 Å². The van der Waals surface area contributed by atoms with Crippen molar-refractivity contribution in [2.75, 3.05) is 18.5 Å². The topological polar surface area (TPSA) is 74.6 Å². The average Bonchev–Trinajstić information content (AvgIpc) is 2.45. The molecular formula is C15H10N4. The predicted octanol–water partition coefficient (Wildman–Crippen LogP) is 2.08. The third kappa shape index (κ3) is 2.92. The molecular weight excluding hydrogens is 236 g/mol. The van der Waals surface area contributed by atoms with Gasteiger partial charge in [-0.25, -0.2) is 0 Å². The number of hydrogen-bond donors (Lipinski definition) is 0. The molecule has 0 radical (unpaired) electrons. The third-order valence-corrected chi connectivity index (χ3v) is 2.50. The Morgan fingerprint density at radius 2 is 1.79 bits per heavy atom. The molecule has 1 rings (SSSR count). The van der Waals surface area contributed by atoms with E-state index in [1.165, 1.54) is 0 Å². The monoisotopic (exact) mass is 246 g/mol. The largest absolute Gasteiger partial charge is 0.363 e. The van der Waals surface area contributed by atoms with Crippen LogP contribution in [0.3, 0.4) is 0 Å². The SMILES string of the molecule is C#CCN(C)c1ccccc1C(C#N)=C(C#N)C#N. The summed E-state index contributed by atoms with van der Waals surface area (Å²) >= 11 is 0. The van der Waals surface area contributed by atoms with Crippen LogP contribution >= 0.6 is 0 Å². The summed E-state index contributed by atoms with van der Waals surface area (Å²) in [7, 11) is 1.78. The van der Waals surface area contributed by atoms with Crippen LogP contribution in [0.4, 0.5) is 5.69 Å². The molecule has 0 N–H and O–H groups in total. The van der Waals surface area contributed by atoms with Crippen LogP contribution in [0.1, 0.15) is 5.56 Å². The Labute approximate surface area is 112 Å². The Balaban J connectivity index is 3.50. The van der Waals surface area contributed by atoms with Gasteiger partial charge in [-0.15, -0.1) is 6.42 Å². The van der Waals surface area contributed by atoms with Crippen LogP contribution in [0.5, 0.6) is 0 Å². The number of hydrogen-bond acceptors (Lipinski definition) is 4. The van der Waals surface area contributed by atoms with Crippen molar-refractivity contribution in [3.05, 3.63) is 35.4 Å². The minimum absolute atomic E-state index is 0.0597. The maximum Gasteiger partial charge on any atom is 0.148 e. The second kappa shape index (κ2) is 6.51. The van der Waals surface area contributed by atoms with Gasteiger partial charge in [0.15, 0.2) is 0 Å². The third-order valence-electron chi connectivity index (χ3n) is 2.50. The van der Waals surface area contributed by atoms with Gasteiger partial charge in [0.1, 0.15) is 23.8 Å². The average molecular weight is 246 g/mol. The van der Waals surface area contributed by atoms with Crippen LogP contribution in [0.15, 0.2) is 29.8 Å². The Kier molecular flexibility index (Phi) is 4.74. The number of nitrogens with zero attached hydrogens (tertiary/aromatic N) is 4. The quantitative estimate of drug-likeness (QED) is 0.604. The van der Waals surface area contributed by atoms with E-state index in [-0.39, 0.29) is 11.1 Å². The van der Waals surface area contributed by atoms with Crippen LogP contribution in [0.2, 0.25) is 0 Å². The minimum atomic E-state index is -0.205. The Morgan fingerprint density at radius 1 is 1.16 bits per heavy atom. The molecule has 0 aliphatic heterocycles. The fourth-order valence-electron chi connectivity index (χ4n) is 1.63. The standard InChI is InChI=1S/C15H10N4/c1-3-8-19(2)15-7-5-4-6-13(15)14(11-18)12(9-16)10-17/h1,4-7H,8H2,2H3. The fraction of sp³-hybridized carbons (Fsp3) is 0.133. The van der Waals surface area contributed by atoms with E-state index in [9.17, 15) is 5.26 Å². The van der Waals surface area contributed by atoms with Crippen molar-refractivity contribution in [1.29, 1.82) is 15.8 Å². The van der Waals surface area contributed by atoms with Crippen molar-refractivity contribution in [2.45, 2.75) is 0 Å². The molecule has 4 heteroatoms. The van der Waals surface area contributed by atoms with E-state index in [0.29, 0.717) is 17.8 Å². The molecule has 0 fully saturated rings. The molecule has 0 saturated carbocycles. The molecule has 0 unspecified atom stereocenters. The molecule has 0 heterocycles. The lowest BCUT2D eigenvalue weighted by molar-refractivity contribution is 1.05. The first-order valence-electron chi connectivity index (χ1n) is 5.38. The number of anilines is 1. The molecule has 0 aromatic heterocycles. The summed E-state index contributed by atoms with van der Waals surface area (Å²) in [5, 5.41) is 27.0. The summed E-state index contributed by atoms with van der Waals surface area (Å²) < 4.78 is 0. The van der Waals surface area contributed by atoms with E-state index in [1.54, 1.807) is 48.4 Å². The molecule has 0 atom stereocenters. The van der Waals surface area contributed by atoms with Crippen molar-refractivity contribution < 1.29 is 0 Å². The zero-order chi connectivity index (χ0) is 14.3. The number of allylic oxidation sites excluding steroid dienone is 2. The van der Waals surface area contributed by atoms with Gasteiger partial charge in [-0.1, -0.05) is 24.1 Å². The summed E-state index contributed by atoms with van der Waals surface area (Å²) in [6, 6.07) is 12.4. The maximum atomic E-state index is 9.18. The summed E-state index contributed by atoms with van der Waals surface area (Å²) in [6.07, 6.45) is 5.26. The van der Waals surface area contributed by atoms with Gasteiger partial charge in [-0.05, 0) is 6.07 Å². The highest BCUT2D eigenvalue weighted by Gasteiger charge is 2.14. The molecule has 0 saturated heterocycles. The van der Waals surface area contributed by atoms with Crippen molar-refractivity contribution in [1.82, 2.24) is 0 Å². The van der Waals surface area contributed by atoms with Crippen LogP contribution in [-0.4, -0.2) is 13.6 Å². The molecule has 1 aromatic rings. The molecule has 19 heavy (non-hydrogen) atoms. The molecule has 90 valence electrons. The Morgan fingerprint density at radius 3 is 2.32 bits per heavy atom. The summed E-state index contributed by atoms with van der Waals surface area (Å²) in [4.78, 5) is 1.78. The van der Waals surface area contributed by atoms with Crippen molar-refractivity contribution in [3.63, 3.8) is 0 Å². The number of nitriles is 3.